The predicted octanol–water partition coefficient (Wildman–Crippen LogP) is 4.07. The minimum absolute atomic E-state index is 0.111. The molecule has 0 saturated carbocycles. The number of piperidine rings is 1. The van der Waals surface area contributed by atoms with Gasteiger partial charge in [0.1, 0.15) is 0 Å². The van der Waals surface area contributed by atoms with Crippen LogP contribution in [0.15, 0.2) is 61.2 Å². The van der Waals surface area contributed by atoms with Crippen molar-refractivity contribution in [1.29, 1.82) is 0 Å². The molecule has 1 fully saturated rings. The van der Waals surface area contributed by atoms with E-state index in [2.05, 4.69) is 80.1 Å². The molecule has 8 heteroatoms. The number of hydrogen-bond donors (Lipinski definition) is 2. The summed E-state index contributed by atoms with van der Waals surface area (Å²) in [7, 11) is 4.04. The Hall–Kier alpha value is -3.78. The SMILES string of the molecule is Cn1nncc1C(Nc1cc(-c2ccc3ccn(C)c3c2)c2nccnc2c1)C1CCNCC1. The number of rotatable bonds is 5. The maximum Gasteiger partial charge on any atom is 0.0966 e. The highest BCUT2D eigenvalue weighted by molar-refractivity contribution is 5.97. The zero-order chi connectivity index (χ0) is 23.1. The average Bonchev–Trinajstić information content (AvgIpc) is 3.47. The summed E-state index contributed by atoms with van der Waals surface area (Å²) in [4.78, 5) is 9.34. The normalized spacial score (nSPS) is 15.7. The van der Waals surface area contributed by atoms with Crippen molar-refractivity contribution in [1.82, 2.24) is 34.8 Å². The van der Waals surface area contributed by atoms with E-state index in [1.54, 1.807) is 12.4 Å². The Morgan fingerprint density at radius 1 is 1.03 bits per heavy atom. The summed E-state index contributed by atoms with van der Waals surface area (Å²) in [5.41, 5.74) is 7.30. The lowest BCUT2D eigenvalue weighted by atomic mass is 9.88. The number of nitrogens with zero attached hydrogens (tertiary/aromatic N) is 6. The fourth-order valence-electron chi connectivity index (χ4n) is 5.18. The van der Waals surface area contributed by atoms with Crippen LogP contribution in [0.4, 0.5) is 5.69 Å². The van der Waals surface area contributed by atoms with Crippen molar-refractivity contribution in [2.75, 3.05) is 18.4 Å². The highest BCUT2D eigenvalue weighted by atomic mass is 15.4. The molecule has 172 valence electrons. The summed E-state index contributed by atoms with van der Waals surface area (Å²) in [6, 6.07) is 13.1. The van der Waals surface area contributed by atoms with Gasteiger partial charge < -0.3 is 15.2 Å². The standard InChI is InChI=1S/C26H28N8/c1-33-12-7-17-3-4-19(13-23(17)33)21-14-20(15-22-26(21)29-11-10-28-22)31-25(18-5-8-27-9-6-18)24-16-30-32-34(24)2/h3-4,7,10-16,18,25,27,31H,5-6,8-9H2,1-2H3. The van der Waals surface area contributed by atoms with Crippen molar-refractivity contribution in [2.24, 2.45) is 20.0 Å². The molecule has 4 heterocycles. The lowest BCUT2D eigenvalue weighted by Crippen LogP contribution is -2.34. The fraction of sp³-hybridized carbons (Fsp3) is 0.308. The summed E-state index contributed by atoms with van der Waals surface area (Å²) in [6.45, 7) is 2.05. The van der Waals surface area contributed by atoms with Crippen LogP contribution in [0.3, 0.4) is 0 Å². The Morgan fingerprint density at radius 3 is 2.71 bits per heavy atom. The van der Waals surface area contributed by atoms with Crippen LogP contribution in [-0.2, 0) is 14.1 Å². The molecule has 1 saturated heterocycles. The van der Waals surface area contributed by atoms with Gasteiger partial charge in [0.15, 0.2) is 0 Å². The Morgan fingerprint density at radius 2 is 1.88 bits per heavy atom. The monoisotopic (exact) mass is 452 g/mol. The van der Waals surface area contributed by atoms with Crippen molar-refractivity contribution in [2.45, 2.75) is 18.9 Å². The number of aryl methyl sites for hydroxylation is 2. The van der Waals surface area contributed by atoms with Gasteiger partial charge in [0, 0.05) is 49.5 Å². The van der Waals surface area contributed by atoms with Gasteiger partial charge in [-0.25, -0.2) is 0 Å². The van der Waals surface area contributed by atoms with Gasteiger partial charge in [-0.3, -0.25) is 14.6 Å². The van der Waals surface area contributed by atoms with E-state index in [0.29, 0.717) is 5.92 Å². The molecule has 0 spiro atoms. The minimum atomic E-state index is 0.111. The topological polar surface area (TPSA) is 85.5 Å². The van der Waals surface area contributed by atoms with E-state index in [-0.39, 0.29) is 6.04 Å². The molecule has 6 rings (SSSR count). The minimum Gasteiger partial charge on any atom is -0.376 e. The summed E-state index contributed by atoms with van der Waals surface area (Å²) >= 11 is 0. The lowest BCUT2D eigenvalue weighted by molar-refractivity contribution is 0.327. The summed E-state index contributed by atoms with van der Waals surface area (Å²) in [6.07, 6.45) is 9.70. The molecule has 0 amide bonds. The zero-order valence-corrected chi connectivity index (χ0v) is 19.4. The molecule has 2 aromatic carbocycles. The molecule has 0 radical (unpaired) electrons. The molecule has 1 aliphatic rings. The maximum absolute atomic E-state index is 4.69. The maximum atomic E-state index is 4.69. The van der Waals surface area contributed by atoms with Gasteiger partial charge in [-0.05, 0) is 67.1 Å². The number of aromatic nitrogens is 6. The van der Waals surface area contributed by atoms with Crippen molar-refractivity contribution >= 4 is 27.6 Å². The molecule has 34 heavy (non-hydrogen) atoms. The van der Waals surface area contributed by atoms with Gasteiger partial charge in [-0.2, -0.15) is 0 Å². The summed E-state index contributed by atoms with van der Waals surface area (Å²) in [5.74, 6) is 0.485. The summed E-state index contributed by atoms with van der Waals surface area (Å²) < 4.78 is 4.03. The summed E-state index contributed by atoms with van der Waals surface area (Å²) in [5, 5.41) is 16.9. The molecule has 1 atom stereocenters. The van der Waals surface area contributed by atoms with E-state index >= 15 is 0 Å². The van der Waals surface area contributed by atoms with Gasteiger partial charge in [-0.15, -0.1) is 5.10 Å². The number of fused-ring (bicyclic) bond motifs is 2. The van der Waals surface area contributed by atoms with Crippen molar-refractivity contribution in [3.63, 3.8) is 0 Å². The Balaban J connectivity index is 1.46. The predicted molar refractivity (Wildman–Crippen MR) is 134 cm³/mol. The molecular formula is C26H28N8. The van der Waals surface area contributed by atoms with Crippen LogP contribution in [0.25, 0.3) is 33.1 Å². The van der Waals surface area contributed by atoms with Crippen LogP contribution in [0.1, 0.15) is 24.6 Å². The first kappa shape index (κ1) is 20.8. The van der Waals surface area contributed by atoms with Crippen molar-refractivity contribution < 1.29 is 0 Å². The van der Waals surface area contributed by atoms with Crippen LogP contribution in [-0.4, -0.2) is 42.6 Å². The van der Waals surface area contributed by atoms with Crippen molar-refractivity contribution in [3.05, 3.63) is 66.9 Å². The van der Waals surface area contributed by atoms with Crippen LogP contribution in [0.2, 0.25) is 0 Å². The highest BCUT2D eigenvalue weighted by Gasteiger charge is 2.28. The van der Waals surface area contributed by atoms with Gasteiger partial charge in [0.2, 0.25) is 0 Å². The molecule has 1 unspecified atom stereocenters. The first-order valence-corrected chi connectivity index (χ1v) is 11.8. The first-order valence-electron chi connectivity index (χ1n) is 11.8. The van der Waals surface area contributed by atoms with Gasteiger partial charge in [0.05, 0.1) is 29.0 Å². The fourth-order valence-corrected chi connectivity index (χ4v) is 5.18. The second-order valence-electron chi connectivity index (χ2n) is 9.14. The second kappa shape index (κ2) is 8.53. The lowest BCUT2D eigenvalue weighted by Gasteiger charge is -2.32. The van der Waals surface area contributed by atoms with Crippen LogP contribution >= 0.6 is 0 Å². The van der Waals surface area contributed by atoms with Crippen LogP contribution < -0.4 is 10.6 Å². The molecule has 5 aromatic rings. The third-order valence-electron chi connectivity index (χ3n) is 7.02. The molecule has 2 N–H and O–H groups in total. The van der Waals surface area contributed by atoms with E-state index in [9.17, 15) is 0 Å². The number of anilines is 1. The third kappa shape index (κ3) is 3.70. The number of benzene rings is 2. The molecule has 3 aromatic heterocycles. The smallest absolute Gasteiger partial charge is 0.0966 e. The molecular weight excluding hydrogens is 424 g/mol. The molecule has 8 nitrogen and oxygen atoms in total. The third-order valence-corrected chi connectivity index (χ3v) is 7.02. The van der Waals surface area contributed by atoms with E-state index < -0.39 is 0 Å². The Kier molecular flexibility index (Phi) is 5.22. The average molecular weight is 453 g/mol. The van der Waals surface area contributed by atoms with Gasteiger partial charge >= 0.3 is 0 Å². The van der Waals surface area contributed by atoms with Gasteiger partial charge in [-0.1, -0.05) is 17.3 Å². The zero-order valence-electron chi connectivity index (χ0n) is 19.4. The van der Waals surface area contributed by atoms with Crippen LogP contribution in [0.5, 0.6) is 0 Å². The number of nitrogens with one attached hydrogen (secondary N) is 2. The molecule has 1 aliphatic heterocycles. The Labute approximate surface area is 198 Å². The second-order valence-corrected chi connectivity index (χ2v) is 9.14. The Bertz CT molecular complexity index is 1460. The van der Waals surface area contributed by atoms with E-state index in [1.807, 2.05) is 17.9 Å². The molecule has 0 bridgehead atoms. The number of hydrogen-bond acceptors (Lipinski definition) is 6. The highest BCUT2D eigenvalue weighted by Crippen LogP contribution is 2.36. The van der Waals surface area contributed by atoms with E-state index in [1.165, 1.54) is 10.9 Å². The van der Waals surface area contributed by atoms with Crippen molar-refractivity contribution in [3.8, 4) is 11.1 Å². The van der Waals surface area contributed by atoms with E-state index in [0.717, 1.165) is 59.5 Å². The quantitative estimate of drug-likeness (QED) is 0.418. The van der Waals surface area contributed by atoms with Crippen LogP contribution in [0, 0.1) is 5.92 Å². The first-order chi connectivity index (χ1) is 16.7. The molecule has 0 aliphatic carbocycles. The van der Waals surface area contributed by atoms with Gasteiger partial charge in [0.25, 0.3) is 0 Å². The van der Waals surface area contributed by atoms with E-state index in [4.69, 9.17) is 4.98 Å². The largest absolute Gasteiger partial charge is 0.376 e.